The molecule has 3 aromatic rings. The van der Waals surface area contributed by atoms with Crippen molar-refractivity contribution >= 4 is 33.4 Å². The predicted octanol–water partition coefficient (Wildman–Crippen LogP) is 4.83. The largest absolute Gasteiger partial charge is 0.493 e. The SMILES string of the molecule is CCN(Cc1nc(-c2ccc(OC)c(OC)c2)no1)C(=O)c1cc(Br)ccc1Cl. The van der Waals surface area contributed by atoms with E-state index in [0.717, 1.165) is 4.47 Å². The Morgan fingerprint density at radius 1 is 1.17 bits per heavy atom. The first-order chi connectivity index (χ1) is 14.0. The number of carbonyl (C=O) groups is 1. The fourth-order valence-electron chi connectivity index (χ4n) is 2.73. The third-order valence-electron chi connectivity index (χ3n) is 4.26. The van der Waals surface area contributed by atoms with Gasteiger partial charge in [-0.25, -0.2) is 0 Å². The van der Waals surface area contributed by atoms with Crippen LogP contribution < -0.4 is 9.47 Å². The van der Waals surface area contributed by atoms with E-state index in [1.54, 1.807) is 55.5 Å². The maximum Gasteiger partial charge on any atom is 0.255 e. The van der Waals surface area contributed by atoms with E-state index in [1.165, 1.54) is 0 Å². The first-order valence-electron chi connectivity index (χ1n) is 8.76. The van der Waals surface area contributed by atoms with Gasteiger partial charge in [0.25, 0.3) is 5.91 Å². The van der Waals surface area contributed by atoms with Crippen LogP contribution in [0.15, 0.2) is 45.4 Å². The number of halogens is 2. The van der Waals surface area contributed by atoms with Gasteiger partial charge >= 0.3 is 0 Å². The number of hydrogen-bond donors (Lipinski definition) is 0. The lowest BCUT2D eigenvalue weighted by Gasteiger charge is -2.19. The van der Waals surface area contributed by atoms with Crippen molar-refractivity contribution in [3.8, 4) is 22.9 Å². The number of carbonyl (C=O) groups excluding carboxylic acids is 1. The molecule has 0 bridgehead atoms. The Balaban J connectivity index is 1.81. The monoisotopic (exact) mass is 479 g/mol. The minimum Gasteiger partial charge on any atom is -0.493 e. The number of nitrogens with zero attached hydrogens (tertiary/aromatic N) is 3. The van der Waals surface area contributed by atoms with E-state index < -0.39 is 0 Å². The zero-order valence-electron chi connectivity index (χ0n) is 16.1. The lowest BCUT2D eigenvalue weighted by atomic mass is 10.2. The van der Waals surface area contributed by atoms with Crippen LogP contribution in [-0.4, -0.2) is 41.7 Å². The molecule has 0 unspecified atom stereocenters. The van der Waals surface area contributed by atoms with E-state index in [1.807, 2.05) is 6.92 Å². The summed E-state index contributed by atoms with van der Waals surface area (Å²) in [5, 5.41) is 4.40. The summed E-state index contributed by atoms with van der Waals surface area (Å²) >= 11 is 9.55. The third-order valence-corrected chi connectivity index (χ3v) is 5.09. The summed E-state index contributed by atoms with van der Waals surface area (Å²) in [6.07, 6.45) is 0. The Morgan fingerprint density at radius 2 is 1.93 bits per heavy atom. The van der Waals surface area contributed by atoms with Crippen molar-refractivity contribution in [2.45, 2.75) is 13.5 Å². The zero-order valence-corrected chi connectivity index (χ0v) is 18.5. The van der Waals surface area contributed by atoms with Crippen molar-refractivity contribution in [1.29, 1.82) is 0 Å². The first kappa shape index (κ1) is 21.1. The van der Waals surface area contributed by atoms with Crippen LogP contribution >= 0.6 is 27.5 Å². The molecule has 1 amide bonds. The Labute approximate surface area is 181 Å². The van der Waals surface area contributed by atoms with Crippen molar-refractivity contribution < 1.29 is 18.8 Å². The summed E-state index contributed by atoms with van der Waals surface area (Å²) < 4.78 is 16.7. The number of amides is 1. The van der Waals surface area contributed by atoms with E-state index in [2.05, 4.69) is 26.1 Å². The maximum absolute atomic E-state index is 12.9. The third kappa shape index (κ3) is 4.71. The second kappa shape index (κ2) is 9.28. The Morgan fingerprint density at radius 3 is 2.62 bits per heavy atom. The number of benzene rings is 2. The Hall–Kier alpha value is -2.58. The highest BCUT2D eigenvalue weighted by Gasteiger charge is 2.21. The summed E-state index contributed by atoms with van der Waals surface area (Å²) in [4.78, 5) is 18.9. The van der Waals surface area contributed by atoms with E-state index >= 15 is 0 Å². The highest BCUT2D eigenvalue weighted by molar-refractivity contribution is 9.10. The minimum atomic E-state index is -0.218. The predicted molar refractivity (Wildman–Crippen MR) is 112 cm³/mol. The smallest absolute Gasteiger partial charge is 0.255 e. The molecule has 2 aromatic carbocycles. The normalized spacial score (nSPS) is 10.7. The number of hydrogen-bond acceptors (Lipinski definition) is 6. The van der Waals surface area contributed by atoms with Gasteiger partial charge in [-0.2, -0.15) is 4.98 Å². The van der Waals surface area contributed by atoms with E-state index in [4.69, 9.17) is 25.6 Å². The first-order valence-corrected chi connectivity index (χ1v) is 9.93. The summed E-state index contributed by atoms with van der Waals surface area (Å²) in [5.41, 5.74) is 1.12. The molecule has 29 heavy (non-hydrogen) atoms. The Bertz CT molecular complexity index is 1020. The molecule has 9 heteroatoms. The molecule has 0 radical (unpaired) electrons. The van der Waals surface area contributed by atoms with Gasteiger partial charge in [0.15, 0.2) is 11.5 Å². The van der Waals surface area contributed by atoms with Crippen LogP contribution in [0.25, 0.3) is 11.4 Å². The average molecular weight is 481 g/mol. The second-order valence-electron chi connectivity index (χ2n) is 6.02. The summed E-state index contributed by atoms with van der Waals surface area (Å²) in [7, 11) is 3.12. The molecule has 0 saturated carbocycles. The Kier molecular flexibility index (Phi) is 6.76. The quantitative estimate of drug-likeness (QED) is 0.482. The highest BCUT2D eigenvalue weighted by atomic mass is 79.9. The lowest BCUT2D eigenvalue weighted by molar-refractivity contribution is 0.0734. The van der Waals surface area contributed by atoms with Crippen LogP contribution in [0.5, 0.6) is 11.5 Å². The summed E-state index contributed by atoms with van der Waals surface area (Å²) in [6, 6.07) is 10.5. The van der Waals surface area contributed by atoms with Crippen LogP contribution in [0.1, 0.15) is 23.2 Å². The second-order valence-corrected chi connectivity index (χ2v) is 7.35. The molecule has 0 N–H and O–H groups in total. The molecule has 152 valence electrons. The van der Waals surface area contributed by atoms with Crippen LogP contribution in [0.3, 0.4) is 0 Å². The van der Waals surface area contributed by atoms with Gasteiger partial charge in [0.2, 0.25) is 11.7 Å². The van der Waals surface area contributed by atoms with Gasteiger partial charge in [-0.3, -0.25) is 4.79 Å². The summed E-state index contributed by atoms with van der Waals surface area (Å²) in [5.74, 6) is 1.66. The number of rotatable bonds is 7. The molecule has 0 spiro atoms. The van der Waals surface area contributed by atoms with Gasteiger partial charge in [-0.15, -0.1) is 0 Å². The molecule has 1 aromatic heterocycles. The van der Waals surface area contributed by atoms with Crippen LogP contribution in [-0.2, 0) is 6.54 Å². The van der Waals surface area contributed by atoms with Gasteiger partial charge in [0.05, 0.1) is 24.8 Å². The average Bonchev–Trinajstić information content (AvgIpc) is 3.21. The van der Waals surface area contributed by atoms with Crippen LogP contribution in [0.2, 0.25) is 5.02 Å². The van der Waals surface area contributed by atoms with Crippen LogP contribution in [0, 0.1) is 0 Å². The molecule has 0 aliphatic heterocycles. The van der Waals surface area contributed by atoms with Crippen molar-refractivity contribution in [2.75, 3.05) is 20.8 Å². The van der Waals surface area contributed by atoms with E-state index in [0.29, 0.717) is 45.9 Å². The zero-order chi connectivity index (χ0) is 21.0. The van der Waals surface area contributed by atoms with Crippen LogP contribution in [0.4, 0.5) is 0 Å². The molecule has 0 atom stereocenters. The van der Waals surface area contributed by atoms with Gasteiger partial charge in [0, 0.05) is 16.6 Å². The molecule has 3 rings (SSSR count). The van der Waals surface area contributed by atoms with Gasteiger partial charge < -0.3 is 18.9 Å². The fraction of sp³-hybridized carbons (Fsp3) is 0.250. The van der Waals surface area contributed by atoms with Gasteiger partial charge in [-0.1, -0.05) is 32.7 Å². The number of aromatic nitrogens is 2. The minimum absolute atomic E-state index is 0.165. The maximum atomic E-state index is 12.9. The van der Waals surface area contributed by atoms with Gasteiger partial charge in [-0.05, 0) is 43.3 Å². The highest BCUT2D eigenvalue weighted by Crippen LogP contribution is 2.31. The topological polar surface area (TPSA) is 77.7 Å². The van der Waals surface area contributed by atoms with E-state index in [-0.39, 0.29) is 12.5 Å². The molecular weight excluding hydrogens is 462 g/mol. The van der Waals surface area contributed by atoms with Crippen molar-refractivity contribution in [3.63, 3.8) is 0 Å². The standard InChI is InChI=1S/C20H19BrClN3O4/c1-4-25(20(26)14-10-13(21)6-7-15(14)22)11-18-23-19(24-29-18)12-5-8-16(27-2)17(9-12)28-3/h5-10H,4,11H2,1-3H3. The lowest BCUT2D eigenvalue weighted by Crippen LogP contribution is -2.30. The molecule has 0 aliphatic carbocycles. The molecule has 0 fully saturated rings. The number of methoxy groups -OCH3 is 2. The van der Waals surface area contributed by atoms with Crippen molar-refractivity contribution in [1.82, 2.24) is 15.0 Å². The van der Waals surface area contributed by atoms with E-state index in [9.17, 15) is 4.79 Å². The molecule has 7 nitrogen and oxygen atoms in total. The van der Waals surface area contributed by atoms with Crippen molar-refractivity contribution in [2.24, 2.45) is 0 Å². The van der Waals surface area contributed by atoms with Gasteiger partial charge in [0.1, 0.15) is 6.54 Å². The fourth-order valence-corrected chi connectivity index (χ4v) is 3.29. The molecule has 0 saturated heterocycles. The molecule has 1 heterocycles. The molecule has 0 aliphatic rings. The van der Waals surface area contributed by atoms with Crippen molar-refractivity contribution in [3.05, 3.63) is 57.3 Å². The summed E-state index contributed by atoms with van der Waals surface area (Å²) in [6.45, 7) is 2.49. The number of ether oxygens (including phenoxy) is 2. The molecular formula is C20H19BrClN3O4.